The lowest BCUT2D eigenvalue weighted by Crippen LogP contribution is -2.15. The molecule has 160 valence electrons. The van der Waals surface area contributed by atoms with Crippen LogP contribution in [0.25, 0.3) is 5.69 Å². The van der Waals surface area contributed by atoms with Crippen LogP contribution in [0.15, 0.2) is 55.1 Å². The van der Waals surface area contributed by atoms with Gasteiger partial charge in [0.15, 0.2) is 11.5 Å². The molecule has 1 aromatic heterocycles. The number of benzene rings is 2. The number of ether oxygens (including phenoxy) is 2. The van der Waals surface area contributed by atoms with E-state index in [-0.39, 0.29) is 11.2 Å². The smallest absolute Gasteiger partial charge is 0.235 e. The number of amides is 1. The molecule has 2 heterocycles. The van der Waals surface area contributed by atoms with Crippen LogP contribution in [0.1, 0.15) is 22.1 Å². The van der Waals surface area contributed by atoms with E-state index in [1.165, 1.54) is 0 Å². The van der Waals surface area contributed by atoms with Crippen molar-refractivity contribution >= 4 is 35.1 Å². The average molecular weight is 456 g/mol. The van der Waals surface area contributed by atoms with Gasteiger partial charge in [-0.15, -0.1) is 11.8 Å². The summed E-state index contributed by atoms with van der Waals surface area (Å²) < 4.78 is 13.0. The van der Waals surface area contributed by atoms with E-state index >= 15 is 0 Å². The van der Waals surface area contributed by atoms with Gasteiger partial charge >= 0.3 is 0 Å². The predicted molar refractivity (Wildman–Crippen MR) is 125 cm³/mol. The van der Waals surface area contributed by atoms with Gasteiger partial charge in [0.1, 0.15) is 12.4 Å². The summed E-state index contributed by atoms with van der Waals surface area (Å²) >= 11 is 7.60. The first-order chi connectivity index (χ1) is 15.0. The van der Waals surface area contributed by atoms with Crippen molar-refractivity contribution in [2.45, 2.75) is 12.2 Å². The molecule has 0 bridgehead atoms. The Morgan fingerprint density at radius 1 is 1.29 bits per heavy atom. The molecule has 0 spiro atoms. The average Bonchev–Trinajstić information content (AvgIpc) is 2.97. The van der Waals surface area contributed by atoms with Crippen molar-refractivity contribution in [1.82, 2.24) is 9.78 Å². The molecular weight excluding hydrogens is 434 g/mol. The summed E-state index contributed by atoms with van der Waals surface area (Å²) in [5.41, 5.74) is 3.64. The predicted octanol–water partition coefficient (Wildman–Crippen LogP) is 5.18. The fourth-order valence-electron chi connectivity index (χ4n) is 3.53. The number of carbonyl (C=O) groups excluding carboxylic acids is 1. The van der Waals surface area contributed by atoms with Crippen LogP contribution < -0.4 is 14.8 Å². The summed E-state index contributed by atoms with van der Waals surface area (Å²) in [4.78, 5) is 12.5. The zero-order valence-electron chi connectivity index (χ0n) is 17.2. The minimum atomic E-state index is -0.0997. The zero-order chi connectivity index (χ0) is 22.0. The third-order valence-electron chi connectivity index (χ3n) is 4.93. The second kappa shape index (κ2) is 9.08. The van der Waals surface area contributed by atoms with Crippen LogP contribution in [-0.2, 0) is 4.79 Å². The van der Waals surface area contributed by atoms with Crippen molar-refractivity contribution in [3.8, 4) is 17.2 Å². The van der Waals surface area contributed by atoms with Gasteiger partial charge in [-0.3, -0.25) is 4.79 Å². The number of nitrogens with one attached hydrogen (secondary N) is 1. The van der Waals surface area contributed by atoms with Crippen LogP contribution in [0.4, 0.5) is 5.82 Å². The van der Waals surface area contributed by atoms with E-state index in [4.69, 9.17) is 26.2 Å². The minimum Gasteiger partial charge on any atom is -0.493 e. The third kappa shape index (κ3) is 4.29. The highest BCUT2D eigenvalue weighted by molar-refractivity contribution is 8.00. The molecule has 0 unspecified atom stereocenters. The normalized spacial score (nSPS) is 15.6. The van der Waals surface area contributed by atoms with Crippen molar-refractivity contribution in [3.05, 3.63) is 77.0 Å². The van der Waals surface area contributed by atoms with Gasteiger partial charge in [0, 0.05) is 10.6 Å². The van der Waals surface area contributed by atoms with Gasteiger partial charge in [0.25, 0.3) is 0 Å². The molecule has 6 nitrogen and oxygen atoms in total. The van der Waals surface area contributed by atoms with Gasteiger partial charge in [-0.25, -0.2) is 4.68 Å². The SMILES string of the molecule is C=CCOc1ccc([C@@H]2SCC(=O)Nc3c2c(C)nn3-c2ccc(Cl)cc2)cc1OC. The van der Waals surface area contributed by atoms with Gasteiger partial charge in [-0.1, -0.05) is 30.3 Å². The summed E-state index contributed by atoms with van der Waals surface area (Å²) in [6.07, 6.45) is 1.69. The van der Waals surface area contributed by atoms with E-state index in [9.17, 15) is 4.79 Å². The molecule has 1 amide bonds. The first kappa shape index (κ1) is 21.3. The van der Waals surface area contributed by atoms with E-state index < -0.39 is 0 Å². The number of thioether (sulfide) groups is 1. The second-order valence-electron chi connectivity index (χ2n) is 6.99. The van der Waals surface area contributed by atoms with Crippen LogP contribution in [0.2, 0.25) is 5.02 Å². The standard InChI is InChI=1S/C23H22ClN3O3S/c1-4-11-30-18-10-5-15(12-19(18)29-3)22-21-14(2)26-27(17-8-6-16(24)7-9-17)23(21)25-20(28)13-31-22/h4-10,12,22H,1,11,13H2,2-3H3,(H,25,28)/t22-/m0/s1. The Kier molecular flexibility index (Phi) is 6.25. The maximum absolute atomic E-state index is 12.5. The number of aromatic nitrogens is 2. The van der Waals surface area contributed by atoms with Gasteiger partial charge in [-0.05, 0) is 48.9 Å². The Hall–Kier alpha value is -2.90. The summed E-state index contributed by atoms with van der Waals surface area (Å²) in [5, 5.41) is 8.30. The monoisotopic (exact) mass is 455 g/mol. The van der Waals surface area contributed by atoms with Crippen LogP contribution in [0.5, 0.6) is 11.5 Å². The molecule has 1 atom stereocenters. The number of aryl methyl sites for hydroxylation is 1. The molecule has 0 saturated heterocycles. The first-order valence-electron chi connectivity index (χ1n) is 9.70. The van der Waals surface area contributed by atoms with Crippen molar-refractivity contribution in [2.24, 2.45) is 0 Å². The molecule has 1 aliphatic rings. The Morgan fingerprint density at radius 2 is 2.06 bits per heavy atom. The molecule has 1 N–H and O–H groups in total. The van der Waals surface area contributed by atoms with Gasteiger partial charge in [0.2, 0.25) is 5.91 Å². The molecule has 3 aromatic rings. The van der Waals surface area contributed by atoms with Crippen LogP contribution in [0, 0.1) is 6.92 Å². The summed E-state index contributed by atoms with van der Waals surface area (Å²) in [6, 6.07) is 13.2. The number of rotatable bonds is 6. The minimum absolute atomic E-state index is 0.0678. The van der Waals surface area contributed by atoms with E-state index in [0.29, 0.717) is 34.7 Å². The molecule has 0 aliphatic carbocycles. The highest BCUT2D eigenvalue weighted by Crippen LogP contribution is 2.45. The van der Waals surface area contributed by atoms with Crippen LogP contribution in [-0.4, -0.2) is 35.2 Å². The topological polar surface area (TPSA) is 65.4 Å². The molecule has 31 heavy (non-hydrogen) atoms. The third-order valence-corrected chi connectivity index (χ3v) is 6.45. The fraction of sp³-hybridized carbons (Fsp3) is 0.217. The first-order valence-corrected chi connectivity index (χ1v) is 11.1. The number of anilines is 1. The van der Waals surface area contributed by atoms with Crippen molar-refractivity contribution in [1.29, 1.82) is 0 Å². The highest BCUT2D eigenvalue weighted by Gasteiger charge is 2.31. The van der Waals surface area contributed by atoms with Gasteiger partial charge in [0.05, 0.1) is 29.5 Å². The Bertz CT molecular complexity index is 1130. The molecule has 0 saturated carbocycles. The van der Waals surface area contributed by atoms with Crippen LogP contribution in [0.3, 0.4) is 0 Å². The van der Waals surface area contributed by atoms with E-state index in [0.717, 1.165) is 22.5 Å². The lowest BCUT2D eigenvalue weighted by Gasteiger charge is -2.18. The number of fused-ring (bicyclic) bond motifs is 1. The highest BCUT2D eigenvalue weighted by atomic mass is 35.5. The maximum Gasteiger partial charge on any atom is 0.235 e. The Labute approximate surface area is 190 Å². The summed E-state index contributed by atoms with van der Waals surface area (Å²) in [6.45, 7) is 6.03. The number of hydrogen-bond acceptors (Lipinski definition) is 5. The quantitative estimate of drug-likeness (QED) is 0.518. The molecule has 1 aliphatic heterocycles. The van der Waals surface area contributed by atoms with E-state index in [1.54, 1.807) is 41.8 Å². The van der Waals surface area contributed by atoms with Crippen molar-refractivity contribution < 1.29 is 14.3 Å². The molecule has 4 rings (SSSR count). The van der Waals surface area contributed by atoms with Gasteiger partial charge in [-0.2, -0.15) is 5.10 Å². The fourth-order valence-corrected chi connectivity index (χ4v) is 4.84. The second-order valence-corrected chi connectivity index (χ2v) is 8.51. The Balaban J connectivity index is 1.80. The van der Waals surface area contributed by atoms with Gasteiger partial charge < -0.3 is 14.8 Å². The number of carbonyl (C=O) groups is 1. The van der Waals surface area contributed by atoms with Crippen LogP contribution >= 0.6 is 23.4 Å². The Morgan fingerprint density at radius 3 is 2.77 bits per heavy atom. The molecule has 2 aromatic carbocycles. The van der Waals surface area contributed by atoms with Crippen molar-refractivity contribution in [3.63, 3.8) is 0 Å². The number of nitrogens with zero attached hydrogens (tertiary/aromatic N) is 2. The summed E-state index contributed by atoms with van der Waals surface area (Å²) in [7, 11) is 1.61. The molecular formula is C23H22ClN3O3S. The number of methoxy groups -OCH3 is 1. The molecule has 0 radical (unpaired) electrons. The molecule has 8 heteroatoms. The van der Waals surface area contributed by atoms with Crippen molar-refractivity contribution in [2.75, 3.05) is 24.8 Å². The lowest BCUT2D eigenvalue weighted by atomic mass is 10.0. The van der Waals surface area contributed by atoms with E-state index in [1.807, 2.05) is 37.3 Å². The summed E-state index contributed by atoms with van der Waals surface area (Å²) in [5.74, 6) is 2.21. The largest absolute Gasteiger partial charge is 0.493 e. The maximum atomic E-state index is 12.5. The number of halogens is 1. The zero-order valence-corrected chi connectivity index (χ0v) is 18.8. The lowest BCUT2D eigenvalue weighted by molar-refractivity contribution is -0.113. The van der Waals surface area contributed by atoms with E-state index in [2.05, 4.69) is 11.9 Å². The molecule has 0 fully saturated rings. The number of hydrogen-bond donors (Lipinski definition) is 1.